The van der Waals surface area contributed by atoms with E-state index >= 15 is 0 Å². The Morgan fingerprint density at radius 3 is 2.08 bits per heavy atom. The maximum Gasteiger partial charge on any atom is -0.0331 e. The molecule has 0 aromatic rings. The zero-order chi connectivity index (χ0) is 19.6. The normalized spacial score (nSPS) is 23.7. The van der Waals surface area contributed by atoms with E-state index in [2.05, 4.69) is 48.5 Å². The van der Waals surface area contributed by atoms with Crippen LogP contribution in [0.1, 0.15) is 132 Å². The number of hydrogen-bond acceptors (Lipinski definition) is 0. The van der Waals surface area contributed by atoms with E-state index in [9.17, 15) is 0 Å². The molecule has 5 atom stereocenters. The van der Waals surface area contributed by atoms with Crippen molar-refractivity contribution in [2.75, 3.05) is 0 Å². The van der Waals surface area contributed by atoms with E-state index in [1.807, 2.05) is 0 Å². The van der Waals surface area contributed by atoms with Crippen LogP contribution in [0.4, 0.5) is 0 Å². The van der Waals surface area contributed by atoms with E-state index in [1.165, 1.54) is 83.5 Å². The third-order valence-electron chi connectivity index (χ3n) is 8.27. The van der Waals surface area contributed by atoms with Crippen molar-refractivity contribution in [3.05, 3.63) is 0 Å². The first-order valence-corrected chi connectivity index (χ1v) is 12.4. The first kappa shape index (κ1) is 24.0. The molecule has 0 spiro atoms. The van der Waals surface area contributed by atoms with Crippen LogP contribution in [-0.4, -0.2) is 0 Å². The molecule has 0 heteroatoms. The average Bonchev–Trinajstić information content (AvgIpc) is 3.41. The van der Waals surface area contributed by atoms with Gasteiger partial charge in [0.2, 0.25) is 0 Å². The van der Waals surface area contributed by atoms with Crippen molar-refractivity contribution in [1.29, 1.82) is 0 Å². The molecule has 156 valence electrons. The van der Waals surface area contributed by atoms with Crippen LogP contribution in [0.5, 0.6) is 0 Å². The Bertz CT molecular complexity index is 340. The quantitative estimate of drug-likeness (QED) is 0.256. The van der Waals surface area contributed by atoms with Crippen molar-refractivity contribution in [1.82, 2.24) is 0 Å². The van der Waals surface area contributed by atoms with E-state index in [0.29, 0.717) is 5.41 Å². The van der Waals surface area contributed by atoms with Crippen LogP contribution < -0.4 is 0 Å². The second-order valence-electron chi connectivity index (χ2n) is 10.4. The molecule has 0 bridgehead atoms. The molecule has 0 aromatic carbocycles. The van der Waals surface area contributed by atoms with Gasteiger partial charge in [-0.25, -0.2) is 0 Å². The predicted octanol–water partition coefficient (Wildman–Crippen LogP) is 9.28. The Balaban J connectivity index is 2.24. The van der Waals surface area contributed by atoms with Crippen LogP contribution in [0.25, 0.3) is 0 Å². The van der Waals surface area contributed by atoms with Gasteiger partial charge in [0.25, 0.3) is 0 Å². The van der Waals surface area contributed by atoms with Crippen LogP contribution in [0.15, 0.2) is 0 Å². The lowest BCUT2D eigenvalue weighted by Crippen LogP contribution is -2.15. The Hall–Kier alpha value is 0. The van der Waals surface area contributed by atoms with Gasteiger partial charge in [-0.05, 0) is 60.7 Å². The van der Waals surface area contributed by atoms with Crippen molar-refractivity contribution in [2.45, 2.75) is 132 Å². The zero-order valence-electron chi connectivity index (χ0n) is 19.6. The van der Waals surface area contributed by atoms with E-state index in [0.717, 1.165) is 29.6 Å². The molecule has 1 rings (SSSR count). The zero-order valence-corrected chi connectivity index (χ0v) is 19.6. The molecule has 1 aliphatic carbocycles. The third-order valence-corrected chi connectivity index (χ3v) is 8.27. The van der Waals surface area contributed by atoms with E-state index in [-0.39, 0.29) is 0 Å². The summed E-state index contributed by atoms with van der Waals surface area (Å²) in [6, 6.07) is 0. The Labute approximate surface area is 167 Å². The van der Waals surface area contributed by atoms with Gasteiger partial charge in [-0.3, -0.25) is 0 Å². The molecule has 0 heterocycles. The minimum Gasteiger partial charge on any atom is -0.0654 e. The fourth-order valence-electron chi connectivity index (χ4n) is 5.08. The molecular weight excluding hydrogens is 312 g/mol. The molecule has 0 N–H and O–H groups in total. The van der Waals surface area contributed by atoms with Gasteiger partial charge in [-0.2, -0.15) is 0 Å². The molecule has 1 fully saturated rings. The van der Waals surface area contributed by atoms with Crippen molar-refractivity contribution >= 4 is 0 Å². The molecule has 0 amide bonds. The topological polar surface area (TPSA) is 0 Å². The first-order chi connectivity index (χ1) is 12.4. The van der Waals surface area contributed by atoms with Gasteiger partial charge in [0.15, 0.2) is 0 Å². The molecule has 0 aromatic heterocycles. The summed E-state index contributed by atoms with van der Waals surface area (Å²) in [5, 5.41) is 0. The Morgan fingerprint density at radius 2 is 1.54 bits per heavy atom. The minimum atomic E-state index is 0.596. The van der Waals surface area contributed by atoms with Crippen LogP contribution in [0, 0.1) is 35.0 Å². The summed E-state index contributed by atoms with van der Waals surface area (Å²) >= 11 is 0. The minimum absolute atomic E-state index is 0.596. The molecule has 26 heavy (non-hydrogen) atoms. The lowest BCUT2D eigenvalue weighted by atomic mass is 9.78. The summed E-state index contributed by atoms with van der Waals surface area (Å²) in [6.07, 6.45) is 18.7. The maximum atomic E-state index is 2.56. The molecule has 1 saturated carbocycles. The van der Waals surface area contributed by atoms with E-state index in [4.69, 9.17) is 0 Å². The predicted molar refractivity (Wildman–Crippen MR) is 120 cm³/mol. The standard InChI is InChI=1S/C26H52/c1-8-13-24(17-18-25-20-23(25)9-2)22(6)16-15-21(5)14-12-19-26(7,10-3)11-4/h21-25H,8-20H2,1-7H3. The highest BCUT2D eigenvalue weighted by Gasteiger charge is 2.35. The fourth-order valence-corrected chi connectivity index (χ4v) is 5.08. The fraction of sp³-hybridized carbons (Fsp3) is 1.00. The Morgan fingerprint density at radius 1 is 0.846 bits per heavy atom. The summed E-state index contributed by atoms with van der Waals surface area (Å²) < 4.78 is 0. The highest BCUT2D eigenvalue weighted by atomic mass is 14.4. The molecular formula is C26H52. The monoisotopic (exact) mass is 364 g/mol. The van der Waals surface area contributed by atoms with Gasteiger partial charge in [0.1, 0.15) is 0 Å². The van der Waals surface area contributed by atoms with E-state index < -0.39 is 0 Å². The third kappa shape index (κ3) is 8.79. The number of hydrogen-bond donors (Lipinski definition) is 0. The lowest BCUT2D eigenvalue weighted by molar-refractivity contribution is 0.243. The van der Waals surface area contributed by atoms with Crippen molar-refractivity contribution in [2.24, 2.45) is 35.0 Å². The number of rotatable bonds is 16. The highest BCUT2D eigenvalue weighted by molar-refractivity contribution is 4.85. The second-order valence-corrected chi connectivity index (χ2v) is 10.4. The van der Waals surface area contributed by atoms with Gasteiger partial charge in [-0.1, -0.05) is 106 Å². The molecule has 0 saturated heterocycles. The van der Waals surface area contributed by atoms with Crippen molar-refractivity contribution < 1.29 is 0 Å². The van der Waals surface area contributed by atoms with Gasteiger partial charge in [-0.15, -0.1) is 0 Å². The van der Waals surface area contributed by atoms with Gasteiger partial charge in [0, 0.05) is 0 Å². The highest BCUT2D eigenvalue weighted by Crippen LogP contribution is 2.45. The molecule has 5 unspecified atom stereocenters. The maximum absolute atomic E-state index is 2.56. The van der Waals surface area contributed by atoms with Crippen molar-refractivity contribution in [3.63, 3.8) is 0 Å². The van der Waals surface area contributed by atoms with Gasteiger partial charge < -0.3 is 0 Å². The van der Waals surface area contributed by atoms with Crippen LogP contribution in [0.3, 0.4) is 0 Å². The second kappa shape index (κ2) is 12.5. The van der Waals surface area contributed by atoms with Crippen LogP contribution in [0.2, 0.25) is 0 Å². The molecule has 0 nitrogen and oxygen atoms in total. The van der Waals surface area contributed by atoms with Gasteiger partial charge >= 0.3 is 0 Å². The SMILES string of the molecule is CCCC(CCC1CC1CC)C(C)CCC(C)CCCC(C)(CC)CC. The van der Waals surface area contributed by atoms with Crippen molar-refractivity contribution in [3.8, 4) is 0 Å². The molecule has 0 aliphatic heterocycles. The van der Waals surface area contributed by atoms with E-state index in [1.54, 1.807) is 0 Å². The summed E-state index contributed by atoms with van der Waals surface area (Å²) in [4.78, 5) is 0. The summed E-state index contributed by atoms with van der Waals surface area (Å²) in [7, 11) is 0. The smallest absolute Gasteiger partial charge is 0.0331 e. The molecule has 1 aliphatic rings. The summed E-state index contributed by atoms with van der Waals surface area (Å²) in [6.45, 7) is 17.0. The van der Waals surface area contributed by atoms with Crippen LogP contribution in [-0.2, 0) is 0 Å². The molecule has 0 radical (unpaired) electrons. The average molecular weight is 365 g/mol. The summed E-state index contributed by atoms with van der Waals surface area (Å²) in [5.74, 6) is 5.04. The Kier molecular flexibility index (Phi) is 11.5. The first-order valence-electron chi connectivity index (χ1n) is 12.4. The lowest BCUT2D eigenvalue weighted by Gasteiger charge is -2.28. The summed E-state index contributed by atoms with van der Waals surface area (Å²) in [5.41, 5.74) is 0.596. The van der Waals surface area contributed by atoms with Gasteiger partial charge in [0.05, 0.1) is 0 Å². The largest absolute Gasteiger partial charge is 0.0654 e. The van der Waals surface area contributed by atoms with Crippen LogP contribution >= 0.6 is 0 Å².